The molecule has 1 amide bonds. The average Bonchev–Trinajstić information content (AvgIpc) is 3.29. The first-order valence-electron chi connectivity index (χ1n) is 12.2. The van der Waals surface area contributed by atoms with Crippen LogP contribution < -0.4 is 15.5 Å². The van der Waals surface area contributed by atoms with Crippen LogP contribution >= 0.6 is 0 Å². The van der Waals surface area contributed by atoms with Gasteiger partial charge in [-0.05, 0) is 61.3 Å². The number of Topliss-reactive ketones (excluding diaryl/α,β-unsaturated/α-hetero) is 1. The summed E-state index contributed by atoms with van der Waals surface area (Å²) in [5.74, 6) is 1.10. The number of carbonyl (C=O) groups excluding carboxylic acids is 2. The number of amides is 1. The van der Waals surface area contributed by atoms with Crippen LogP contribution in [-0.2, 0) is 16.1 Å². The van der Waals surface area contributed by atoms with Gasteiger partial charge in [0.05, 0.1) is 36.8 Å². The van der Waals surface area contributed by atoms with Crippen molar-refractivity contribution < 1.29 is 14.0 Å². The molecule has 0 bridgehead atoms. The molecule has 3 aliphatic rings. The van der Waals surface area contributed by atoms with Gasteiger partial charge in [0.2, 0.25) is 5.91 Å². The van der Waals surface area contributed by atoms with Gasteiger partial charge in [0.25, 0.3) is 0 Å². The van der Waals surface area contributed by atoms with E-state index in [1.165, 1.54) is 0 Å². The summed E-state index contributed by atoms with van der Waals surface area (Å²) in [6, 6.07) is 11.6. The molecule has 1 aliphatic heterocycles. The minimum absolute atomic E-state index is 0.0878. The number of allylic oxidation sites excluding steroid dienone is 3. The molecule has 0 saturated heterocycles. The summed E-state index contributed by atoms with van der Waals surface area (Å²) < 4.78 is 5.37. The maximum absolute atomic E-state index is 13.7. The predicted molar refractivity (Wildman–Crippen MR) is 133 cm³/mol. The molecule has 178 valence electrons. The van der Waals surface area contributed by atoms with Gasteiger partial charge in [0.1, 0.15) is 5.76 Å². The zero-order chi connectivity index (χ0) is 23.7. The number of hydrogen-bond acceptors (Lipinski definition) is 5. The van der Waals surface area contributed by atoms with Gasteiger partial charge in [-0.15, -0.1) is 0 Å². The molecule has 0 radical (unpaired) electrons. The molecule has 2 aliphatic carbocycles. The Morgan fingerprint density at radius 2 is 2.03 bits per heavy atom. The van der Waals surface area contributed by atoms with E-state index in [1.54, 1.807) is 6.26 Å². The van der Waals surface area contributed by atoms with Crippen LogP contribution in [0.15, 0.2) is 70.5 Å². The third kappa shape index (κ3) is 4.54. The Labute approximate surface area is 201 Å². The lowest BCUT2D eigenvalue weighted by Crippen LogP contribution is -2.49. The van der Waals surface area contributed by atoms with E-state index in [2.05, 4.69) is 47.6 Å². The number of fused-ring (bicyclic) bond motifs is 1. The van der Waals surface area contributed by atoms with E-state index in [-0.39, 0.29) is 35.6 Å². The van der Waals surface area contributed by atoms with Crippen molar-refractivity contribution in [2.24, 2.45) is 11.3 Å². The van der Waals surface area contributed by atoms with Crippen molar-refractivity contribution in [2.75, 3.05) is 16.8 Å². The number of nitrogens with one attached hydrogen (secondary N) is 2. The van der Waals surface area contributed by atoms with Gasteiger partial charge in [0, 0.05) is 17.7 Å². The summed E-state index contributed by atoms with van der Waals surface area (Å²) in [7, 11) is 0. The molecule has 2 aromatic rings. The van der Waals surface area contributed by atoms with Gasteiger partial charge in [-0.25, -0.2) is 0 Å². The van der Waals surface area contributed by atoms with E-state index in [1.807, 2.05) is 30.3 Å². The summed E-state index contributed by atoms with van der Waals surface area (Å²) >= 11 is 0. The molecule has 0 unspecified atom stereocenters. The molecule has 6 nitrogen and oxygen atoms in total. The summed E-state index contributed by atoms with van der Waals surface area (Å²) in [5.41, 5.74) is 3.72. The van der Waals surface area contributed by atoms with Gasteiger partial charge in [-0.3, -0.25) is 9.59 Å². The van der Waals surface area contributed by atoms with Crippen LogP contribution in [0.5, 0.6) is 0 Å². The fourth-order valence-corrected chi connectivity index (χ4v) is 5.67. The highest BCUT2D eigenvalue weighted by Crippen LogP contribution is 2.46. The molecule has 2 N–H and O–H groups in total. The Bertz CT molecular complexity index is 1130. The largest absolute Gasteiger partial charge is 0.467 e. The maximum atomic E-state index is 13.7. The van der Waals surface area contributed by atoms with Crippen molar-refractivity contribution in [3.8, 4) is 0 Å². The maximum Gasteiger partial charge on any atom is 0.239 e. The van der Waals surface area contributed by atoms with Crippen LogP contribution in [0, 0.1) is 11.3 Å². The number of hydrogen-bond donors (Lipinski definition) is 2. The van der Waals surface area contributed by atoms with E-state index >= 15 is 0 Å². The molecule has 1 aromatic heterocycles. The molecule has 2 heterocycles. The van der Waals surface area contributed by atoms with Crippen molar-refractivity contribution in [3.63, 3.8) is 0 Å². The number of ketones is 1. The highest BCUT2D eigenvalue weighted by atomic mass is 16.3. The van der Waals surface area contributed by atoms with Crippen molar-refractivity contribution >= 4 is 23.1 Å². The van der Waals surface area contributed by atoms with Gasteiger partial charge < -0.3 is 20.0 Å². The van der Waals surface area contributed by atoms with Crippen LogP contribution in [0.3, 0.4) is 0 Å². The fourth-order valence-electron chi connectivity index (χ4n) is 5.67. The topological polar surface area (TPSA) is 74.6 Å². The molecule has 0 fully saturated rings. The standard InChI is InChI=1S/C28H33N3O3/c1-28(2)15-22-26(24(32)16-28)27(19-9-4-3-5-10-19)31(23-13-7-6-12-21(23)30-22)18-25(33)29-17-20-11-8-14-34-20/h3-4,6-8,11-14,19,27,30H,5,9-10,15-18H2,1-2H3,(H,29,33)/t19-,27+/m1/s1. The number of para-hydroxylation sites is 2. The van der Waals surface area contributed by atoms with E-state index in [4.69, 9.17) is 4.42 Å². The Kier molecular flexibility index (Phi) is 6.07. The van der Waals surface area contributed by atoms with E-state index in [0.29, 0.717) is 13.0 Å². The van der Waals surface area contributed by atoms with Gasteiger partial charge in [-0.2, -0.15) is 0 Å². The minimum atomic E-state index is -0.144. The Hall–Kier alpha value is -3.28. The molecule has 34 heavy (non-hydrogen) atoms. The van der Waals surface area contributed by atoms with Gasteiger partial charge in [0.15, 0.2) is 5.78 Å². The lowest BCUT2D eigenvalue weighted by Gasteiger charge is -2.41. The quantitative estimate of drug-likeness (QED) is 0.602. The number of rotatable bonds is 5. The Balaban J connectivity index is 1.55. The second kappa shape index (κ2) is 9.16. The van der Waals surface area contributed by atoms with E-state index < -0.39 is 0 Å². The third-order valence-corrected chi connectivity index (χ3v) is 7.16. The lowest BCUT2D eigenvalue weighted by molar-refractivity contribution is -0.121. The number of anilines is 2. The van der Waals surface area contributed by atoms with Crippen molar-refractivity contribution in [3.05, 3.63) is 71.8 Å². The normalized spacial score (nSPS) is 23.6. The van der Waals surface area contributed by atoms with Crippen molar-refractivity contribution in [1.82, 2.24) is 5.32 Å². The first kappa shape index (κ1) is 22.5. The summed E-state index contributed by atoms with van der Waals surface area (Å²) in [6.45, 7) is 4.84. The Morgan fingerprint density at radius 3 is 2.79 bits per heavy atom. The van der Waals surface area contributed by atoms with Crippen LogP contribution in [0.2, 0.25) is 0 Å². The summed E-state index contributed by atoms with van der Waals surface area (Å²) in [5, 5.41) is 6.62. The van der Waals surface area contributed by atoms with E-state index in [9.17, 15) is 9.59 Å². The first-order chi connectivity index (χ1) is 16.4. The zero-order valence-corrected chi connectivity index (χ0v) is 20.0. The second-order valence-corrected chi connectivity index (χ2v) is 10.4. The molecular formula is C28H33N3O3. The smallest absolute Gasteiger partial charge is 0.239 e. The van der Waals surface area contributed by atoms with Crippen LogP contribution in [0.1, 0.15) is 51.7 Å². The highest BCUT2D eigenvalue weighted by Gasteiger charge is 2.43. The lowest BCUT2D eigenvalue weighted by atomic mass is 9.71. The molecular weight excluding hydrogens is 426 g/mol. The SMILES string of the molecule is CC1(C)CC(=O)C2=C(C1)Nc1ccccc1N(CC(=O)NCc1ccco1)[C@H]2[C@@H]1CC=CCC1. The fraction of sp³-hybridized carbons (Fsp3) is 0.429. The van der Waals surface area contributed by atoms with E-state index in [0.717, 1.165) is 54.1 Å². The highest BCUT2D eigenvalue weighted by molar-refractivity contribution is 6.01. The Morgan fingerprint density at radius 1 is 1.18 bits per heavy atom. The molecule has 5 rings (SSSR count). The van der Waals surface area contributed by atoms with Crippen LogP contribution in [-0.4, -0.2) is 24.3 Å². The molecule has 0 saturated carbocycles. The molecule has 6 heteroatoms. The zero-order valence-electron chi connectivity index (χ0n) is 20.0. The number of carbonyl (C=O) groups is 2. The molecule has 1 aromatic carbocycles. The van der Waals surface area contributed by atoms with Gasteiger partial charge >= 0.3 is 0 Å². The van der Waals surface area contributed by atoms with Gasteiger partial charge in [-0.1, -0.05) is 38.1 Å². The molecule has 0 spiro atoms. The number of benzene rings is 1. The third-order valence-electron chi connectivity index (χ3n) is 7.16. The number of furan rings is 1. The number of nitrogens with zero attached hydrogens (tertiary/aromatic N) is 1. The van der Waals surface area contributed by atoms with Crippen LogP contribution in [0.25, 0.3) is 0 Å². The van der Waals surface area contributed by atoms with Crippen molar-refractivity contribution in [1.29, 1.82) is 0 Å². The van der Waals surface area contributed by atoms with Crippen molar-refractivity contribution in [2.45, 2.75) is 58.5 Å². The van der Waals surface area contributed by atoms with Crippen LogP contribution in [0.4, 0.5) is 11.4 Å². The molecule has 2 atom stereocenters. The summed E-state index contributed by atoms with van der Waals surface area (Å²) in [4.78, 5) is 29.0. The average molecular weight is 460 g/mol. The summed E-state index contributed by atoms with van der Waals surface area (Å²) in [6.07, 6.45) is 10.3. The minimum Gasteiger partial charge on any atom is -0.467 e. The predicted octanol–water partition coefficient (Wildman–Crippen LogP) is 5.20. The first-order valence-corrected chi connectivity index (χ1v) is 12.2. The monoisotopic (exact) mass is 459 g/mol. The second-order valence-electron chi connectivity index (χ2n) is 10.4.